The minimum atomic E-state index is -0.360. The van der Waals surface area contributed by atoms with Gasteiger partial charge in [0.15, 0.2) is 5.82 Å². The van der Waals surface area contributed by atoms with Crippen molar-refractivity contribution in [2.75, 3.05) is 19.6 Å². The molecule has 1 aromatic heterocycles. The molecule has 0 spiro atoms. The van der Waals surface area contributed by atoms with Crippen LogP contribution in [0.15, 0.2) is 4.79 Å². The first-order valence-corrected chi connectivity index (χ1v) is 6.71. The van der Waals surface area contributed by atoms with E-state index in [0.29, 0.717) is 12.4 Å². The summed E-state index contributed by atoms with van der Waals surface area (Å²) in [6.45, 7) is 6.39. The van der Waals surface area contributed by atoms with Gasteiger partial charge < -0.3 is 5.32 Å². The Kier molecular flexibility index (Phi) is 4.36. The van der Waals surface area contributed by atoms with E-state index in [9.17, 15) is 9.59 Å². The summed E-state index contributed by atoms with van der Waals surface area (Å²) < 4.78 is 0. The molecule has 106 valence electrons. The van der Waals surface area contributed by atoms with Crippen LogP contribution in [-0.2, 0) is 4.79 Å². The molecule has 0 radical (unpaired) electrons. The van der Waals surface area contributed by atoms with Crippen LogP contribution in [0.4, 0.5) is 0 Å². The van der Waals surface area contributed by atoms with E-state index in [1.165, 1.54) is 0 Å². The van der Waals surface area contributed by atoms with Gasteiger partial charge in [0.05, 0.1) is 12.6 Å². The number of carbonyl (C=O) groups excluding carboxylic acids is 1. The molecule has 0 saturated carbocycles. The summed E-state index contributed by atoms with van der Waals surface area (Å²) in [6.07, 6.45) is 2.30. The zero-order valence-electron chi connectivity index (χ0n) is 11.4. The summed E-state index contributed by atoms with van der Waals surface area (Å²) in [7, 11) is 0. The van der Waals surface area contributed by atoms with E-state index in [2.05, 4.69) is 32.3 Å². The van der Waals surface area contributed by atoms with Crippen LogP contribution in [0.5, 0.6) is 0 Å². The number of aromatic amines is 2. The van der Waals surface area contributed by atoms with E-state index >= 15 is 0 Å². The van der Waals surface area contributed by atoms with Crippen LogP contribution in [-0.4, -0.2) is 45.6 Å². The minimum absolute atomic E-state index is 0.0362. The number of carbonyl (C=O) groups is 1. The van der Waals surface area contributed by atoms with E-state index in [1.807, 2.05) is 0 Å². The van der Waals surface area contributed by atoms with Gasteiger partial charge in [-0.25, -0.2) is 9.89 Å². The van der Waals surface area contributed by atoms with E-state index in [0.717, 1.165) is 31.8 Å². The van der Waals surface area contributed by atoms with Crippen molar-refractivity contribution < 1.29 is 4.79 Å². The monoisotopic (exact) mass is 267 g/mol. The number of amides is 1. The first-order valence-electron chi connectivity index (χ1n) is 6.71. The molecule has 2 rings (SSSR count). The Balaban J connectivity index is 1.79. The highest BCUT2D eigenvalue weighted by molar-refractivity contribution is 5.78. The summed E-state index contributed by atoms with van der Waals surface area (Å²) >= 11 is 0. The highest BCUT2D eigenvalue weighted by Gasteiger charge is 2.19. The first kappa shape index (κ1) is 13.8. The average Bonchev–Trinajstić information content (AvgIpc) is 2.79. The molecule has 3 N–H and O–H groups in total. The lowest BCUT2D eigenvalue weighted by Gasteiger charge is -2.29. The summed E-state index contributed by atoms with van der Waals surface area (Å²) in [5.74, 6) is 1.17. The second kappa shape index (κ2) is 6.01. The van der Waals surface area contributed by atoms with Crippen LogP contribution in [0, 0.1) is 5.92 Å². The van der Waals surface area contributed by atoms with Gasteiger partial charge in [0.2, 0.25) is 5.91 Å². The van der Waals surface area contributed by atoms with Gasteiger partial charge in [-0.05, 0) is 38.8 Å². The van der Waals surface area contributed by atoms with Gasteiger partial charge in [-0.15, -0.1) is 0 Å². The SMILES string of the molecule is CC1CCN(CC(=O)N[C@H](C)c2n[nH]c(=O)[nH]2)CC1. The quantitative estimate of drug-likeness (QED) is 0.716. The molecule has 1 aliphatic rings. The fourth-order valence-corrected chi connectivity index (χ4v) is 2.27. The number of nitrogens with zero attached hydrogens (tertiary/aromatic N) is 2. The smallest absolute Gasteiger partial charge is 0.340 e. The molecule has 19 heavy (non-hydrogen) atoms. The highest BCUT2D eigenvalue weighted by atomic mass is 16.2. The first-order chi connectivity index (χ1) is 9.04. The summed E-state index contributed by atoms with van der Waals surface area (Å²) in [5.41, 5.74) is -0.360. The average molecular weight is 267 g/mol. The Morgan fingerprint density at radius 2 is 2.21 bits per heavy atom. The van der Waals surface area contributed by atoms with Crippen LogP contribution < -0.4 is 11.0 Å². The van der Waals surface area contributed by atoms with Crippen molar-refractivity contribution in [1.29, 1.82) is 0 Å². The fourth-order valence-electron chi connectivity index (χ4n) is 2.27. The molecule has 7 nitrogen and oxygen atoms in total. The van der Waals surface area contributed by atoms with Gasteiger partial charge in [-0.3, -0.25) is 14.7 Å². The maximum atomic E-state index is 11.9. The summed E-state index contributed by atoms with van der Waals surface area (Å²) in [4.78, 5) is 27.5. The van der Waals surface area contributed by atoms with E-state index in [-0.39, 0.29) is 17.6 Å². The van der Waals surface area contributed by atoms with Crippen LogP contribution >= 0.6 is 0 Å². The van der Waals surface area contributed by atoms with Crippen molar-refractivity contribution in [3.8, 4) is 0 Å². The summed E-state index contributed by atoms with van der Waals surface area (Å²) in [5, 5.41) is 8.93. The normalized spacial score (nSPS) is 19.3. The third kappa shape index (κ3) is 3.92. The van der Waals surface area contributed by atoms with Gasteiger partial charge in [0.25, 0.3) is 0 Å². The predicted octanol–water partition coefficient (Wildman–Crippen LogP) is 0.00710. The van der Waals surface area contributed by atoms with E-state index in [1.54, 1.807) is 6.92 Å². The van der Waals surface area contributed by atoms with Gasteiger partial charge in [-0.1, -0.05) is 6.92 Å². The van der Waals surface area contributed by atoms with Crippen molar-refractivity contribution in [3.05, 3.63) is 16.3 Å². The zero-order chi connectivity index (χ0) is 13.8. The molecule has 0 aliphatic carbocycles. The fraction of sp³-hybridized carbons (Fsp3) is 0.750. The third-order valence-electron chi connectivity index (χ3n) is 3.55. The Labute approximate surface area is 111 Å². The lowest BCUT2D eigenvalue weighted by molar-refractivity contribution is -0.123. The second-order valence-electron chi connectivity index (χ2n) is 5.31. The number of nitrogens with one attached hydrogen (secondary N) is 3. The zero-order valence-corrected chi connectivity index (χ0v) is 11.4. The third-order valence-corrected chi connectivity index (χ3v) is 3.55. The molecule has 1 aliphatic heterocycles. The lowest BCUT2D eigenvalue weighted by Crippen LogP contribution is -2.42. The number of aromatic nitrogens is 3. The summed E-state index contributed by atoms with van der Waals surface area (Å²) in [6, 6.07) is -0.296. The molecule has 0 unspecified atom stereocenters. The molecule has 1 amide bonds. The maximum absolute atomic E-state index is 11.9. The number of H-pyrrole nitrogens is 2. The molecule has 7 heteroatoms. The van der Waals surface area contributed by atoms with Crippen molar-refractivity contribution in [2.24, 2.45) is 5.92 Å². The van der Waals surface area contributed by atoms with Crippen LogP contribution in [0.25, 0.3) is 0 Å². The largest absolute Gasteiger partial charge is 0.345 e. The lowest BCUT2D eigenvalue weighted by atomic mass is 9.99. The van der Waals surface area contributed by atoms with Gasteiger partial charge in [0.1, 0.15) is 0 Å². The van der Waals surface area contributed by atoms with Gasteiger partial charge in [-0.2, -0.15) is 5.10 Å². The predicted molar refractivity (Wildman–Crippen MR) is 70.6 cm³/mol. The molecular formula is C12H21N5O2. The van der Waals surface area contributed by atoms with E-state index < -0.39 is 0 Å². The second-order valence-corrected chi connectivity index (χ2v) is 5.31. The molecule has 1 fully saturated rings. The minimum Gasteiger partial charge on any atom is -0.345 e. The molecular weight excluding hydrogens is 246 g/mol. The standard InChI is InChI=1S/C12H21N5O2/c1-8-3-5-17(6-4-8)7-10(18)13-9(2)11-14-12(19)16-15-11/h8-9H,3-7H2,1-2H3,(H,13,18)(H2,14,15,16,19)/t9-/m1/s1. The Bertz CT molecular complexity index is 472. The number of rotatable bonds is 4. The molecule has 2 heterocycles. The highest BCUT2D eigenvalue weighted by Crippen LogP contribution is 2.15. The topological polar surface area (TPSA) is 93.9 Å². The number of hydrogen-bond donors (Lipinski definition) is 3. The van der Waals surface area contributed by atoms with Crippen molar-refractivity contribution in [1.82, 2.24) is 25.4 Å². The Hall–Kier alpha value is -1.63. The van der Waals surface area contributed by atoms with E-state index in [4.69, 9.17) is 0 Å². The van der Waals surface area contributed by atoms with Crippen molar-refractivity contribution in [2.45, 2.75) is 32.7 Å². The van der Waals surface area contributed by atoms with Crippen LogP contribution in [0.3, 0.4) is 0 Å². The number of likely N-dealkylation sites (tertiary alicyclic amines) is 1. The number of hydrogen-bond acceptors (Lipinski definition) is 4. The van der Waals surface area contributed by atoms with Crippen LogP contribution in [0.1, 0.15) is 38.6 Å². The molecule has 1 atom stereocenters. The van der Waals surface area contributed by atoms with Gasteiger partial charge in [0, 0.05) is 0 Å². The molecule has 0 aromatic carbocycles. The Morgan fingerprint density at radius 1 is 1.53 bits per heavy atom. The van der Waals surface area contributed by atoms with Gasteiger partial charge >= 0.3 is 5.69 Å². The Morgan fingerprint density at radius 3 is 2.79 bits per heavy atom. The molecule has 1 saturated heterocycles. The molecule has 1 aromatic rings. The van der Waals surface area contributed by atoms with Crippen molar-refractivity contribution in [3.63, 3.8) is 0 Å². The van der Waals surface area contributed by atoms with Crippen molar-refractivity contribution >= 4 is 5.91 Å². The molecule has 0 bridgehead atoms. The van der Waals surface area contributed by atoms with Crippen LogP contribution in [0.2, 0.25) is 0 Å². The maximum Gasteiger partial charge on any atom is 0.340 e. The number of piperidine rings is 1.